The summed E-state index contributed by atoms with van der Waals surface area (Å²) >= 11 is 11.0. The molecule has 0 aliphatic rings. The topological polar surface area (TPSA) is 52.6 Å². The van der Waals surface area contributed by atoms with Crippen LogP contribution in [0.15, 0.2) is 72.8 Å². The molecule has 0 aliphatic heterocycles. The predicted octanol–water partition coefficient (Wildman–Crippen LogP) is 6.03. The zero-order valence-electron chi connectivity index (χ0n) is 13.3. The number of halogens is 2. The number of benzene rings is 3. The zero-order chi connectivity index (χ0) is 18.5. The van der Waals surface area contributed by atoms with Crippen molar-refractivity contribution in [2.24, 2.45) is 0 Å². The summed E-state index contributed by atoms with van der Waals surface area (Å²) in [5, 5.41) is -1.13. The molecule has 0 atom stereocenters. The molecule has 0 amide bonds. The van der Waals surface area contributed by atoms with Gasteiger partial charge in [-0.25, -0.2) is 0 Å². The number of hydrogen-bond donors (Lipinski definition) is 0. The van der Waals surface area contributed by atoms with E-state index in [2.05, 4.69) is 0 Å². The molecular formula is C20H12Cl2O4. The van der Waals surface area contributed by atoms with Gasteiger partial charge in [0.2, 0.25) is 0 Å². The van der Waals surface area contributed by atoms with E-state index in [0.717, 1.165) is 0 Å². The van der Waals surface area contributed by atoms with Crippen LogP contribution in [0.25, 0.3) is 0 Å². The Balaban J connectivity index is 1.87. The first kappa shape index (κ1) is 18.0. The Kier molecular flexibility index (Phi) is 5.56. The highest BCUT2D eigenvalue weighted by atomic mass is 35.5. The first-order chi connectivity index (χ1) is 12.5. The van der Waals surface area contributed by atoms with Gasteiger partial charge < -0.3 is 9.47 Å². The van der Waals surface area contributed by atoms with Crippen LogP contribution in [0.5, 0.6) is 23.0 Å². The minimum Gasteiger partial charge on any atom is -0.453 e. The van der Waals surface area contributed by atoms with Gasteiger partial charge in [0.05, 0.1) is 0 Å². The van der Waals surface area contributed by atoms with Crippen molar-refractivity contribution in [3.8, 4) is 23.0 Å². The lowest BCUT2D eigenvalue weighted by Crippen LogP contribution is -1.94. The Morgan fingerprint density at radius 3 is 1.42 bits per heavy atom. The fraction of sp³-hybridized carbons (Fsp3) is 0. The Labute approximate surface area is 159 Å². The summed E-state index contributed by atoms with van der Waals surface area (Å²) < 4.78 is 11.6. The third-order valence-electron chi connectivity index (χ3n) is 3.43. The SMILES string of the molecule is O=C(Cl)c1cccc(Oc2ccccc2Oc2cccc(C(=O)Cl)c2)c1. The van der Waals surface area contributed by atoms with E-state index >= 15 is 0 Å². The molecular weight excluding hydrogens is 375 g/mol. The molecule has 0 radical (unpaired) electrons. The molecule has 3 aromatic carbocycles. The molecule has 0 aliphatic carbocycles. The maximum absolute atomic E-state index is 11.3. The molecule has 0 saturated heterocycles. The van der Waals surface area contributed by atoms with Crippen LogP contribution in [0, 0.1) is 0 Å². The standard InChI is InChI=1S/C20H12Cl2O4/c21-19(23)13-5-3-7-15(11-13)25-17-9-1-2-10-18(17)26-16-8-4-6-14(12-16)20(22)24/h1-12H. The fourth-order valence-corrected chi connectivity index (χ4v) is 2.47. The van der Waals surface area contributed by atoms with Crippen LogP contribution in [0.4, 0.5) is 0 Å². The van der Waals surface area contributed by atoms with E-state index in [1.807, 2.05) is 0 Å². The van der Waals surface area contributed by atoms with Crippen molar-refractivity contribution in [2.75, 3.05) is 0 Å². The number of ether oxygens (including phenoxy) is 2. The van der Waals surface area contributed by atoms with Crippen molar-refractivity contribution >= 4 is 33.7 Å². The molecule has 0 unspecified atom stereocenters. The van der Waals surface area contributed by atoms with E-state index in [-0.39, 0.29) is 0 Å². The van der Waals surface area contributed by atoms with Gasteiger partial charge in [0.15, 0.2) is 11.5 Å². The van der Waals surface area contributed by atoms with Crippen LogP contribution in [0.2, 0.25) is 0 Å². The van der Waals surface area contributed by atoms with Crippen LogP contribution in [-0.2, 0) is 0 Å². The van der Waals surface area contributed by atoms with Crippen LogP contribution < -0.4 is 9.47 Å². The highest BCUT2D eigenvalue weighted by molar-refractivity contribution is 6.68. The maximum atomic E-state index is 11.3. The van der Waals surface area contributed by atoms with E-state index in [1.165, 1.54) is 0 Å². The number of carbonyl (C=O) groups excluding carboxylic acids is 2. The van der Waals surface area contributed by atoms with Gasteiger partial charge in [0.1, 0.15) is 11.5 Å². The van der Waals surface area contributed by atoms with Crippen LogP contribution in [0.3, 0.4) is 0 Å². The van der Waals surface area contributed by atoms with Gasteiger partial charge in [0, 0.05) is 11.1 Å². The highest BCUT2D eigenvalue weighted by Gasteiger charge is 2.10. The van der Waals surface area contributed by atoms with E-state index in [9.17, 15) is 9.59 Å². The lowest BCUT2D eigenvalue weighted by Gasteiger charge is -2.12. The number of carbonyl (C=O) groups is 2. The average Bonchev–Trinajstić information content (AvgIpc) is 2.64. The molecule has 0 aromatic heterocycles. The second kappa shape index (κ2) is 8.04. The first-order valence-electron chi connectivity index (χ1n) is 7.57. The molecule has 0 fully saturated rings. The summed E-state index contributed by atoms with van der Waals surface area (Å²) in [5.74, 6) is 1.76. The maximum Gasteiger partial charge on any atom is 0.252 e. The normalized spacial score (nSPS) is 10.2. The van der Waals surface area contributed by atoms with Gasteiger partial charge in [-0.2, -0.15) is 0 Å². The molecule has 6 heteroatoms. The lowest BCUT2D eigenvalue weighted by molar-refractivity contribution is 0.107. The molecule has 3 aromatic rings. The van der Waals surface area contributed by atoms with Crippen molar-refractivity contribution in [2.45, 2.75) is 0 Å². The Hall–Kier alpha value is -2.82. The van der Waals surface area contributed by atoms with Gasteiger partial charge in [-0.15, -0.1) is 0 Å². The second-order valence-corrected chi connectivity index (χ2v) is 5.94. The lowest BCUT2D eigenvalue weighted by atomic mass is 10.2. The number of hydrogen-bond acceptors (Lipinski definition) is 4. The number of para-hydroxylation sites is 2. The summed E-state index contributed by atoms with van der Waals surface area (Å²) in [7, 11) is 0. The highest BCUT2D eigenvalue weighted by Crippen LogP contribution is 2.35. The Morgan fingerprint density at radius 1 is 0.615 bits per heavy atom. The first-order valence-corrected chi connectivity index (χ1v) is 8.33. The van der Waals surface area contributed by atoms with Crippen molar-refractivity contribution < 1.29 is 19.1 Å². The predicted molar refractivity (Wildman–Crippen MR) is 99.8 cm³/mol. The minimum absolute atomic E-state index is 0.330. The van der Waals surface area contributed by atoms with Crippen LogP contribution in [0.1, 0.15) is 20.7 Å². The van der Waals surface area contributed by atoms with Gasteiger partial charge in [0.25, 0.3) is 10.5 Å². The fourth-order valence-electron chi connectivity index (χ4n) is 2.24. The summed E-state index contributed by atoms with van der Waals surface area (Å²) in [5.41, 5.74) is 0.659. The summed E-state index contributed by atoms with van der Waals surface area (Å²) in [6.07, 6.45) is 0. The second-order valence-electron chi connectivity index (χ2n) is 5.25. The van der Waals surface area contributed by atoms with Gasteiger partial charge in [-0.1, -0.05) is 24.3 Å². The van der Waals surface area contributed by atoms with E-state index in [1.54, 1.807) is 72.8 Å². The third-order valence-corrected chi connectivity index (χ3v) is 3.86. The van der Waals surface area contributed by atoms with E-state index < -0.39 is 10.5 Å². The van der Waals surface area contributed by atoms with Gasteiger partial charge in [-0.05, 0) is 71.7 Å². The summed E-state index contributed by atoms with van der Waals surface area (Å²) in [6, 6.07) is 20.0. The van der Waals surface area contributed by atoms with E-state index in [0.29, 0.717) is 34.1 Å². The van der Waals surface area contributed by atoms with E-state index in [4.69, 9.17) is 32.7 Å². The molecule has 4 nitrogen and oxygen atoms in total. The molecule has 0 N–H and O–H groups in total. The van der Waals surface area contributed by atoms with Gasteiger partial charge in [-0.3, -0.25) is 9.59 Å². The largest absolute Gasteiger partial charge is 0.453 e. The zero-order valence-corrected chi connectivity index (χ0v) is 14.8. The molecule has 130 valence electrons. The molecule has 0 heterocycles. The Morgan fingerprint density at radius 2 is 1.04 bits per heavy atom. The molecule has 26 heavy (non-hydrogen) atoms. The van der Waals surface area contributed by atoms with Crippen LogP contribution >= 0.6 is 23.2 Å². The van der Waals surface area contributed by atoms with Gasteiger partial charge >= 0.3 is 0 Å². The molecule has 3 rings (SSSR count). The summed E-state index contributed by atoms with van der Waals surface area (Å²) in [6.45, 7) is 0. The minimum atomic E-state index is -0.567. The summed E-state index contributed by atoms with van der Waals surface area (Å²) in [4.78, 5) is 22.6. The molecule has 0 spiro atoms. The average molecular weight is 387 g/mol. The third kappa shape index (κ3) is 4.42. The number of rotatable bonds is 6. The molecule has 0 bridgehead atoms. The van der Waals surface area contributed by atoms with Crippen molar-refractivity contribution in [3.63, 3.8) is 0 Å². The monoisotopic (exact) mass is 386 g/mol. The molecule has 0 saturated carbocycles. The quantitative estimate of drug-likeness (QED) is 0.485. The smallest absolute Gasteiger partial charge is 0.252 e. The van der Waals surface area contributed by atoms with Crippen LogP contribution in [-0.4, -0.2) is 10.5 Å². The van der Waals surface area contributed by atoms with Crippen molar-refractivity contribution in [1.29, 1.82) is 0 Å². The Bertz CT molecular complexity index is 891. The van der Waals surface area contributed by atoms with Crippen molar-refractivity contribution in [1.82, 2.24) is 0 Å². The van der Waals surface area contributed by atoms with Crippen molar-refractivity contribution in [3.05, 3.63) is 83.9 Å².